The van der Waals surface area contributed by atoms with Crippen LogP contribution in [0.25, 0.3) is 22.3 Å². The lowest BCUT2D eigenvalue weighted by Gasteiger charge is -2.12. The molecule has 7 aromatic carbocycles. The minimum absolute atomic E-state index is 0.165. The van der Waals surface area contributed by atoms with Crippen molar-refractivity contribution in [2.45, 2.75) is 142 Å². The monoisotopic (exact) mass is 1080 g/mol. The second-order valence-electron chi connectivity index (χ2n) is 20.3. The molecule has 0 aliphatic carbocycles. The maximum atomic E-state index is 15.4. The summed E-state index contributed by atoms with van der Waals surface area (Å²) in [5, 5.41) is 10.0. The lowest BCUT2D eigenvalue weighted by Crippen LogP contribution is -2.15. The van der Waals surface area contributed by atoms with Gasteiger partial charge >= 0.3 is 23.9 Å². The summed E-state index contributed by atoms with van der Waals surface area (Å²) in [7, 11) is 0. The highest BCUT2D eigenvalue weighted by molar-refractivity contribution is 5.95. The average Bonchev–Trinajstić information content (AvgIpc) is 3.49. The standard InChI is InChI=1S/C69H71F2NO8/c1-3-5-7-9-11-13-15-17-19-22-49-26-30-51(31-27-49)53-34-38-55(39-35-53)66(73)77-57-42-44-59(62(70)46-57)68(75)79-64-24-21-25-65(61(64)48-72)80-69(76)60-45-43-58(47-63(60)71)78-67(74)56-40-36-54(37-41-56)52-32-28-50(29-33-52)23-20-18-16-14-12-10-8-6-4-2/h21,24-47H,3-20,22-23H2,1-2H3. The number of ether oxygens (including phenoxy) is 4. The summed E-state index contributed by atoms with van der Waals surface area (Å²) in [6.45, 7) is 4.48. The summed E-state index contributed by atoms with van der Waals surface area (Å²) in [6, 6.07) is 42.5. The number of nitriles is 1. The number of carbonyl (C=O) groups is 4. The Balaban J connectivity index is 0.861. The van der Waals surface area contributed by atoms with Crippen molar-refractivity contribution in [1.82, 2.24) is 0 Å². The van der Waals surface area contributed by atoms with Gasteiger partial charge in [0.15, 0.2) is 11.5 Å². The van der Waals surface area contributed by atoms with Crippen LogP contribution in [0.5, 0.6) is 23.0 Å². The van der Waals surface area contributed by atoms with E-state index in [9.17, 15) is 24.4 Å². The molecular weight excluding hydrogens is 1010 g/mol. The molecule has 11 heteroatoms. The number of hydrogen-bond acceptors (Lipinski definition) is 9. The lowest BCUT2D eigenvalue weighted by atomic mass is 10.00. The minimum Gasteiger partial charge on any atom is -0.423 e. The highest BCUT2D eigenvalue weighted by Crippen LogP contribution is 2.31. The lowest BCUT2D eigenvalue weighted by molar-refractivity contribution is 0.0720. The van der Waals surface area contributed by atoms with Crippen molar-refractivity contribution < 1.29 is 46.9 Å². The van der Waals surface area contributed by atoms with E-state index in [1.165, 1.54) is 157 Å². The number of carbonyl (C=O) groups excluding carboxylic acids is 4. The molecule has 0 saturated heterocycles. The maximum Gasteiger partial charge on any atom is 0.346 e. The SMILES string of the molecule is CCCCCCCCCCCc1ccc(-c2ccc(C(=O)Oc3ccc(C(=O)Oc4cccc(OC(=O)c5ccc(OC(=O)c6ccc(-c7ccc(CCCCCCCCCCC)cc7)cc6)cc5F)c4C#N)c(F)c3)cc2)cc1. The minimum atomic E-state index is -1.20. The zero-order valence-corrected chi connectivity index (χ0v) is 46.0. The van der Waals surface area contributed by atoms with E-state index in [0.717, 1.165) is 59.4 Å². The number of esters is 4. The van der Waals surface area contributed by atoms with E-state index in [-0.39, 0.29) is 34.1 Å². The van der Waals surface area contributed by atoms with E-state index in [4.69, 9.17) is 18.9 Å². The van der Waals surface area contributed by atoms with Gasteiger partial charge in [-0.2, -0.15) is 5.26 Å². The van der Waals surface area contributed by atoms with Gasteiger partial charge in [-0.15, -0.1) is 0 Å². The molecule has 0 amide bonds. The number of aryl methyl sites for hydroxylation is 2. The first-order chi connectivity index (χ1) is 39.0. The normalized spacial score (nSPS) is 10.9. The number of halogens is 2. The van der Waals surface area contributed by atoms with Crippen LogP contribution < -0.4 is 18.9 Å². The van der Waals surface area contributed by atoms with E-state index in [2.05, 4.69) is 62.4 Å². The van der Waals surface area contributed by atoms with Gasteiger partial charge in [0.25, 0.3) is 0 Å². The fraction of sp³-hybridized carbons (Fsp3) is 0.319. The van der Waals surface area contributed by atoms with Gasteiger partial charge in [-0.25, -0.2) is 28.0 Å². The molecule has 80 heavy (non-hydrogen) atoms. The Kier molecular flexibility index (Phi) is 23.3. The molecule has 0 aliphatic heterocycles. The second kappa shape index (κ2) is 31.4. The summed E-state index contributed by atoms with van der Waals surface area (Å²) >= 11 is 0. The Morgan fingerprint density at radius 1 is 0.388 bits per heavy atom. The maximum absolute atomic E-state index is 15.4. The Morgan fingerprint density at radius 3 is 1.04 bits per heavy atom. The van der Waals surface area contributed by atoms with Crippen LogP contribution in [0.2, 0.25) is 0 Å². The summed E-state index contributed by atoms with van der Waals surface area (Å²) in [6.07, 6.45) is 25.3. The van der Waals surface area contributed by atoms with E-state index in [1.54, 1.807) is 30.3 Å². The van der Waals surface area contributed by atoms with E-state index >= 15 is 8.78 Å². The zero-order valence-electron chi connectivity index (χ0n) is 46.0. The van der Waals surface area contributed by atoms with E-state index in [1.807, 2.05) is 24.3 Å². The predicted octanol–water partition coefficient (Wildman–Crippen LogP) is 18.2. The third-order valence-corrected chi connectivity index (χ3v) is 14.2. The van der Waals surface area contributed by atoms with Gasteiger partial charge in [-0.3, -0.25) is 0 Å². The van der Waals surface area contributed by atoms with Crippen molar-refractivity contribution in [3.05, 3.63) is 202 Å². The fourth-order valence-corrected chi connectivity index (χ4v) is 9.49. The molecule has 0 radical (unpaired) electrons. The molecule has 414 valence electrons. The zero-order chi connectivity index (χ0) is 56.5. The first kappa shape index (κ1) is 59.4. The first-order valence-corrected chi connectivity index (χ1v) is 28.4. The Hall–Kier alpha value is -8.23. The van der Waals surface area contributed by atoms with Crippen LogP contribution in [0.4, 0.5) is 8.78 Å². The van der Waals surface area contributed by atoms with Crippen LogP contribution in [-0.2, 0) is 12.8 Å². The molecule has 7 rings (SSSR count). The van der Waals surface area contributed by atoms with Gasteiger partial charge in [-0.05, 0) is 120 Å². The van der Waals surface area contributed by atoms with Crippen LogP contribution in [0.1, 0.15) is 188 Å². The van der Waals surface area contributed by atoms with Crippen molar-refractivity contribution in [3.63, 3.8) is 0 Å². The van der Waals surface area contributed by atoms with Crippen LogP contribution in [0.15, 0.2) is 152 Å². The first-order valence-electron chi connectivity index (χ1n) is 28.4. The van der Waals surface area contributed by atoms with Crippen molar-refractivity contribution in [1.29, 1.82) is 5.26 Å². The van der Waals surface area contributed by atoms with E-state index in [0.29, 0.717) is 0 Å². The fourth-order valence-electron chi connectivity index (χ4n) is 9.49. The van der Waals surface area contributed by atoms with E-state index < -0.39 is 52.2 Å². The Labute approximate surface area is 469 Å². The quantitative estimate of drug-likeness (QED) is 0.0245. The molecule has 0 N–H and O–H groups in total. The molecule has 0 heterocycles. The third kappa shape index (κ3) is 17.9. The smallest absolute Gasteiger partial charge is 0.346 e. The molecule has 0 spiro atoms. The number of rotatable bonds is 30. The molecule has 0 fully saturated rings. The number of benzene rings is 7. The van der Waals surface area contributed by atoms with Gasteiger partial charge < -0.3 is 18.9 Å². The summed E-state index contributed by atoms with van der Waals surface area (Å²) in [5.74, 6) is -7.11. The highest BCUT2D eigenvalue weighted by atomic mass is 19.1. The molecule has 7 aromatic rings. The highest BCUT2D eigenvalue weighted by Gasteiger charge is 2.23. The molecular formula is C69H71F2NO8. The largest absolute Gasteiger partial charge is 0.423 e. The van der Waals surface area contributed by atoms with Crippen molar-refractivity contribution in [2.75, 3.05) is 0 Å². The van der Waals surface area contributed by atoms with Crippen LogP contribution in [0, 0.1) is 23.0 Å². The summed E-state index contributed by atoms with van der Waals surface area (Å²) in [5.41, 5.74) is 5.41. The van der Waals surface area contributed by atoms with Gasteiger partial charge in [0.05, 0.1) is 22.3 Å². The average molecular weight is 1080 g/mol. The summed E-state index contributed by atoms with van der Waals surface area (Å²) < 4.78 is 52.4. The van der Waals surface area contributed by atoms with Gasteiger partial charge in [0.1, 0.15) is 34.8 Å². The Morgan fingerprint density at radius 2 is 0.713 bits per heavy atom. The molecule has 0 unspecified atom stereocenters. The second-order valence-corrected chi connectivity index (χ2v) is 20.3. The Bertz CT molecular complexity index is 2980. The van der Waals surface area contributed by atoms with Crippen LogP contribution >= 0.6 is 0 Å². The van der Waals surface area contributed by atoms with Gasteiger partial charge in [-0.1, -0.05) is 195 Å². The molecule has 0 saturated carbocycles. The molecule has 0 aromatic heterocycles. The number of hydrogen-bond donors (Lipinski definition) is 0. The van der Waals surface area contributed by atoms with Crippen LogP contribution in [0.3, 0.4) is 0 Å². The molecule has 0 aliphatic rings. The summed E-state index contributed by atoms with van der Waals surface area (Å²) in [4.78, 5) is 52.5. The number of unbranched alkanes of at least 4 members (excludes halogenated alkanes) is 16. The van der Waals surface area contributed by atoms with Crippen molar-refractivity contribution >= 4 is 23.9 Å². The van der Waals surface area contributed by atoms with Crippen molar-refractivity contribution in [2.24, 2.45) is 0 Å². The van der Waals surface area contributed by atoms with Crippen molar-refractivity contribution in [3.8, 4) is 51.3 Å². The van der Waals surface area contributed by atoms with Gasteiger partial charge in [0, 0.05) is 12.1 Å². The van der Waals surface area contributed by atoms with Crippen LogP contribution in [-0.4, -0.2) is 23.9 Å². The predicted molar refractivity (Wildman–Crippen MR) is 309 cm³/mol. The number of nitrogens with zero attached hydrogens (tertiary/aromatic N) is 1. The topological polar surface area (TPSA) is 129 Å². The van der Waals surface area contributed by atoms with Gasteiger partial charge in [0.2, 0.25) is 0 Å². The molecule has 0 atom stereocenters. The molecule has 9 nitrogen and oxygen atoms in total. The molecule has 0 bridgehead atoms. The third-order valence-electron chi connectivity index (χ3n) is 14.2.